The molecule has 0 aliphatic carbocycles. The minimum absolute atomic E-state index is 0.0156. The molecule has 24 heavy (non-hydrogen) atoms. The van der Waals surface area contributed by atoms with Crippen LogP contribution in [0.5, 0.6) is 0 Å². The van der Waals surface area contributed by atoms with Gasteiger partial charge < -0.3 is 0 Å². The summed E-state index contributed by atoms with van der Waals surface area (Å²) in [6.45, 7) is 3.96. The number of aryl methyl sites for hydroxylation is 2. The predicted octanol–water partition coefficient (Wildman–Crippen LogP) is 7.00. The zero-order valence-corrected chi connectivity index (χ0v) is 16.8. The van der Waals surface area contributed by atoms with Crippen molar-refractivity contribution in [1.82, 2.24) is 0 Å². The van der Waals surface area contributed by atoms with E-state index in [1.165, 1.54) is 56.1 Å². The maximum atomic E-state index is 12.9. The van der Waals surface area contributed by atoms with Crippen LogP contribution in [0.2, 0.25) is 18.1 Å². The predicted molar refractivity (Wildman–Crippen MR) is 106 cm³/mol. The molecule has 1 fully saturated rings. The molecule has 1 radical (unpaired) electrons. The molecule has 0 aromatic heterocycles. The maximum absolute atomic E-state index is 12.9. The van der Waals surface area contributed by atoms with E-state index in [1.54, 1.807) is 25.1 Å². The molecule has 1 aliphatic heterocycles. The molecule has 0 N–H and O–H groups in total. The van der Waals surface area contributed by atoms with Gasteiger partial charge in [0.05, 0.1) is 6.17 Å². The Balaban J connectivity index is 1.63. The molecule has 0 spiro atoms. The number of halogens is 1. The molecular formula is C22H36FSi. The second-order valence-electron chi connectivity index (χ2n) is 7.83. The minimum atomic E-state index is -0.690. The van der Waals surface area contributed by atoms with Crippen molar-refractivity contribution in [3.05, 3.63) is 35.4 Å². The Hall–Kier alpha value is -0.633. The lowest BCUT2D eigenvalue weighted by Gasteiger charge is -2.27. The number of hydrogen-bond donors (Lipinski definition) is 0. The van der Waals surface area contributed by atoms with E-state index in [4.69, 9.17) is 0 Å². The lowest BCUT2D eigenvalue weighted by atomic mass is 9.94. The van der Waals surface area contributed by atoms with Gasteiger partial charge in [0.25, 0.3) is 0 Å². The van der Waals surface area contributed by atoms with E-state index in [0.29, 0.717) is 6.42 Å². The third kappa shape index (κ3) is 7.50. The van der Waals surface area contributed by atoms with Crippen molar-refractivity contribution in [3.63, 3.8) is 0 Å². The number of alkyl halides is 1. The number of rotatable bonds is 10. The van der Waals surface area contributed by atoms with Crippen molar-refractivity contribution >= 4 is 8.80 Å². The summed E-state index contributed by atoms with van der Waals surface area (Å²) >= 11 is 0. The van der Waals surface area contributed by atoms with E-state index in [2.05, 4.69) is 31.2 Å². The van der Waals surface area contributed by atoms with E-state index in [1.807, 2.05) is 0 Å². The van der Waals surface area contributed by atoms with Crippen LogP contribution in [0.15, 0.2) is 24.3 Å². The number of hydrogen-bond acceptors (Lipinski definition) is 0. The first-order chi connectivity index (χ1) is 11.7. The average molecular weight is 348 g/mol. The molecule has 1 aromatic carbocycles. The van der Waals surface area contributed by atoms with Crippen LogP contribution in [0.25, 0.3) is 0 Å². The van der Waals surface area contributed by atoms with Gasteiger partial charge in [0.2, 0.25) is 0 Å². The first-order valence-electron chi connectivity index (χ1n) is 10.2. The zero-order valence-electron chi connectivity index (χ0n) is 15.8. The highest BCUT2D eigenvalue weighted by Crippen LogP contribution is 2.31. The molecule has 1 unspecified atom stereocenters. The lowest BCUT2D eigenvalue weighted by Crippen LogP contribution is -2.21. The monoisotopic (exact) mass is 347 g/mol. The molecule has 1 saturated heterocycles. The summed E-state index contributed by atoms with van der Waals surface area (Å²) in [5.74, 6) is 0.969. The van der Waals surface area contributed by atoms with Crippen molar-refractivity contribution in [2.45, 2.75) is 95.9 Å². The SMILES string of the molecule is CCCCC[Si]1CCC(CCc2ccc(CCC(C)F)cc2)CC1. The largest absolute Gasteiger partial charge is 0.248 e. The van der Waals surface area contributed by atoms with Gasteiger partial charge in [0, 0.05) is 8.80 Å². The molecule has 1 aromatic rings. The molecule has 0 amide bonds. The Morgan fingerprint density at radius 1 is 1.04 bits per heavy atom. The van der Waals surface area contributed by atoms with Crippen LogP contribution in [-0.4, -0.2) is 15.0 Å². The van der Waals surface area contributed by atoms with Crippen LogP contribution in [0.1, 0.15) is 69.9 Å². The number of benzene rings is 1. The highest BCUT2D eigenvalue weighted by atomic mass is 28.3. The van der Waals surface area contributed by atoms with E-state index in [-0.39, 0.29) is 8.80 Å². The third-order valence-corrected chi connectivity index (χ3v) is 8.69. The second kappa shape index (κ2) is 11.1. The topological polar surface area (TPSA) is 0 Å². The van der Waals surface area contributed by atoms with Gasteiger partial charge in [-0.3, -0.25) is 0 Å². The van der Waals surface area contributed by atoms with Crippen LogP contribution in [-0.2, 0) is 12.8 Å². The van der Waals surface area contributed by atoms with Gasteiger partial charge in [-0.1, -0.05) is 81.4 Å². The third-order valence-electron chi connectivity index (χ3n) is 5.64. The van der Waals surface area contributed by atoms with Gasteiger partial charge in [-0.05, 0) is 49.7 Å². The summed E-state index contributed by atoms with van der Waals surface area (Å²) in [7, 11) is 0.0156. The zero-order chi connectivity index (χ0) is 17.2. The molecule has 1 aliphatic rings. The summed E-state index contributed by atoms with van der Waals surface area (Å²) < 4.78 is 12.9. The molecule has 2 heteroatoms. The van der Waals surface area contributed by atoms with E-state index < -0.39 is 6.17 Å². The van der Waals surface area contributed by atoms with E-state index in [9.17, 15) is 4.39 Å². The average Bonchev–Trinajstić information content (AvgIpc) is 2.60. The van der Waals surface area contributed by atoms with E-state index >= 15 is 0 Å². The van der Waals surface area contributed by atoms with Gasteiger partial charge in [-0.2, -0.15) is 0 Å². The molecule has 135 valence electrons. The molecule has 0 nitrogen and oxygen atoms in total. The van der Waals surface area contributed by atoms with Crippen LogP contribution < -0.4 is 0 Å². The molecule has 0 bridgehead atoms. The summed E-state index contributed by atoms with van der Waals surface area (Å²) in [4.78, 5) is 0. The Kier molecular flexibility index (Phi) is 9.08. The fraction of sp³-hybridized carbons (Fsp3) is 0.727. The van der Waals surface area contributed by atoms with Crippen molar-refractivity contribution in [3.8, 4) is 0 Å². The van der Waals surface area contributed by atoms with Gasteiger partial charge in [-0.25, -0.2) is 4.39 Å². The summed E-state index contributed by atoms with van der Waals surface area (Å²) in [6.07, 6.45) is 10.7. The highest BCUT2D eigenvalue weighted by molar-refractivity contribution is 6.58. The second-order valence-corrected chi connectivity index (χ2v) is 10.8. The van der Waals surface area contributed by atoms with Gasteiger partial charge >= 0.3 is 0 Å². The summed E-state index contributed by atoms with van der Waals surface area (Å²) in [6, 6.07) is 13.6. The maximum Gasteiger partial charge on any atom is 0.0976 e. The van der Waals surface area contributed by atoms with Gasteiger partial charge in [-0.15, -0.1) is 0 Å². The number of unbranched alkanes of at least 4 members (excludes halogenated alkanes) is 2. The molecule has 0 saturated carbocycles. The highest BCUT2D eigenvalue weighted by Gasteiger charge is 2.21. The first kappa shape index (κ1) is 19.7. The normalized spacial score (nSPS) is 18.0. The Labute approximate surface area is 150 Å². The Morgan fingerprint density at radius 2 is 1.67 bits per heavy atom. The fourth-order valence-corrected chi connectivity index (χ4v) is 6.99. The molecule has 1 heterocycles. The standard InChI is InChI=1S/C22H36FSi/c1-3-4-5-16-24-17-14-22(15-18-24)13-12-21-10-8-20(9-11-21)7-6-19(2)23/h8-11,19,22H,3-7,12-18H2,1-2H3. The molecular weight excluding hydrogens is 311 g/mol. The molecule has 2 rings (SSSR count). The van der Waals surface area contributed by atoms with Gasteiger partial charge in [0.1, 0.15) is 0 Å². The van der Waals surface area contributed by atoms with Crippen molar-refractivity contribution < 1.29 is 4.39 Å². The first-order valence-corrected chi connectivity index (χ1v) is 12.3. The van der Waals surface area contributed by atoms with Gasteiger partial charge in [0.15, 0.2) is 0 Å². The van der Waals surface area contributed by atoms with Crippen molar-refractivity contribution in [2.24, 2.45) is 5.92 Å². The van der Waals surface area contributed by atoms with Crippen molar-refractivity contribution in [2.75, 3.05) is 0 Å². The summed E-state index contributed by atoms with van der Waals surface area (Å²) in [5, 5.41) is 0. The van der Waals surface area contributed by atoms with Crippen LogP contribution >= 0.6 is 0 Å². The summed E-state index contributed by atoms with van der Waals surface area (Å²) in [5.41, 5.74) is 2.74. The Bertz CT molecular complexity index is 432. The molecule has 1 atom stereocenters. The lowest BCUT2D eigenvalue weighted by molar-refractivity contribution is 0.341. The minimum Gasteiger partial charge on any atom is -0.248 e. The quantitative estimate of drug-likeness (QED) is 0.315. The Morgan fingerprint density at radius 3 is 2.25 bits per heavy atom. The van der Waals surface area contributed by atoms with Crippen LogP contribution in [0.4, 0.5) is 4.39 Å². The van der Waals surface area contributed by atoms with E-state index in [0.717, 1.165) is 12.3 Å². The smallest absolute Gasteiger partial charge is 0.0976 e. The van der Waals surface area contributed by atoms with Crippen LogP contribution in [0, 0.1) is 5.92 Å². The van der Waals surface area contributed by atoms with Crippen LogP contribution in [0.3, 0.4) is 0 Å². The fourth-order valence-electron chi connectivity index (χ4n) is 3.86. The van der Waals surface area contributed by atoms with Crippen molar-refractivity contribution in [1.29, 1.82) is 0 Å².